The molecule has 1 aromatic carbocycles. The molecule has 0 unspecified atom stereocenters. The Hall–Kier alpha value is -2.14. The zero-order valence-electron chi connectivity index (χ0n) is 13.6. The van der Waals surface area contributed by atoms with E-state index in [9.17, 15) is 9.59 Å². The molecule has 2 aromatic rings. The minimum absolute atomic E-state index is 0.108. The maximum Gasteiger partial charge on any atom is 0.256 e. The molecule has 0 radical (unpaired) electrons. The van der Waals surface area contributed by atoms with E-state index in [1.807, 2.05) is 17.5 Å². The lowest BCUT2D eigenvalue weighted by Gasteiger charge is -2.17. The van der Waals surface area contributed by atoms with Crippen LogP contribution in [0.2, 0.25) is 0 Å². The Balaban J connectivity index is 1.70. The minimum Gasteiger partial charge on any atom is -0.349 e. The van der Waals surface area contributed by atoms with Crippen LogP contribution in [0, 0.1) is 0 Å². The van der Waals surface area contributed by atoms with Crippen LogP contribution in [0.15, 0.2) is 41.1 Å². The second kappa shape index (κ2) is 8.11. The Labute approximate surface area is 146 Å². The lowest BCUT2D eigenvalue weighted by Crippen LogP contribution is -2.35. The maximum absolute atomic E-state index is 12.7. The molecule has 3 rings (SSSR count). The fourth-order valence-electron chi connectivity index (χ4n) is 3.07. The summed E-state index contributed by atoms with van der Waals surface area (Å²) in [7, 11) is 0. The highest BCUT2D eigenvalue weighted by atomic mass is 32.1. The van der Waals surface area contributed by atoms with Crippen LogP contribution in [0.4, 0.5) is 5.69 Å². The van der Waals surface area contributed by atoms with Crippen LogP contribution < -0.4 is 10.6 Å². The van der Waals surface area contributed by atoms with E-state index in [4.69, 9.17) is 0 Å². The third-order valence-corrected chi connectivity index (χ3v) is 5.08. The van der Waals surface area contributed by atoms with Crippen LogP contribution in [0.1, 0.15) is 59.2 Å². The Bertz CT molecular complexity index is 689. The average Bonchev–Trinajstić information content (AvgIpc) is 3.01. The van der Waals surface area contributed by atoms with Gasteiger partial charge in [-0.2, -0.15) is 11.3 Å². The van der Waals surface area contributed by atoms with E-state index in [0.29, 0.717) is 16.8 Å². The van der Waals surface area contributed by atoms with Crippen LogP contribution in [-0.2, 0) is 0 Å². The lowest BCUT2D eigenvalue weighted by molar-refractivity contribution is 0.0934. The summed E-state index contributed by atoms with van der Waals surface area (Å²) in [5.41, 5.74) is 1.68. The van der Waals surface area contributed by atoms with E-state index < -0.39 is 0 Å². The SMILES string of the molecule is O=C(Nc1ccccc1C(=O)NC1CCCCCC1)c1ccsc1. The van der Waals surface area contributed by atoms with E-state index in [1.165, 1.54) is 37.0 Å². The fourth-order valence-corrected chi connectivity index (χ4v) is 3.70. The molecule has 2 amide bonds. The van der Waals surface area contributed by atoms with Gasteiger partial charge in [-0.15, -0.1) is 0 Å². The van der Waals surface area contributed by atoms with Crippen LogP contribution in [-0.4, -0.2) is 17.9 Å². The highest BCUT2D eigenvalue weighted by Crippen LogP contribution is 2.20. The van der Waals surface area contributed by atoms with Crippen molar-refractivity contribution in [1.29, 1.82) is 0 Å². The van der Waals surface area contributed by atoms with Gasteiger partial charge in [-0.1, -0.05) is 37.8 Å². The smallest absolute Gasteiger partial charge is 0.256 e. The van der Waals surface area contributed by atoms with Crippen molar-refractivity contribution in [1.82, 2.24) is 5.32 Å². The fraction of sp³-hybridized carbons (Fsp3) is 0.368. The number of anilines is 1. The van der Waals surface area contributed by atoms with E-state index in [0.717, 1.165) is 12.8 Å². The van der Waals surface area contributed by atoms with E-state index in [2.05, 4.69) is 10.6 Å². The molecule has 0 saturated heterocycles. The second-order valence-electron chi connectivity index (χ2n) is 6.17. The van der Waals surface area contributed by atoms with Gasteiger partial charge in [0.15, 0.2) is 0 Å². The molecule has 1 aromatic heterocycles. The van der Waals surface area contributed by atoms with Crippen LogP contribution in [0.25, 0.3) is 0 Å². The normalized spacial score (nSPS) is 15.5. The number of rotatable bonds is 4. The predicted molar refractivity (Wildman–Crippen MR) is 97.7 cm³/mol. The molecule has 0 spiro atoms. The third kappa shape index (κ3) is 4.23. The van der Waals surface area contributed by atoms with Crippen molar-refractivity contribution in [3.8, 4) is 0 Å². The lowest BCUT2D eigenvalue weighted by atomic mass is 10.1. The van der Waals surface area contributed by atoms with Crippen molar-refractivity contribution in [2.45, 2.75) is 44.6 Å². The van der Waals surface area contributed by atoms with Crippen LogP contribution >= 0.6 is 11.3 Å². The van der Waals surface area contributed by atoms with Crippen molar-refractivity contribution in [2.24, 2.45) is 0 Å². The molecule has 5 heteroatoms. The van der Waals surface area contributed by atoms with Crippen molar-refractivity contribution in [3.63, 3.8) is 0 Å². The standard InChI is InChI=1S/C19H22N2O2S/c22-18(14-11-12-24-13-14)21-17-10-6-5-9-16(17)19(23)20-15-7-3-1-2-4-8-15/h5-6,9-13,15H,1-4,7-8H2,(H,20,23)(H,21,22). The van der Waals surface area contributed by atoms with Gasteiger partial charge in [0, 0.05) is 11.4 Å². The molecular weight excluding hydrogens is 320 g/mol. The number of hydrogen-bond acceptors (Lipinski definition) is 3. The van der Waals surface area contributed by atoms with E-state index >= 15 is 0 Å². The van der Waals surface area contributed by atoms with Crippen molar-refractivity contribution < 1.29 is 9.59 Å². The van der Waals surface area contributed by atoms with Crippen LogP contribution in [0.3, 0.4) is 0 Å². The molecule has 1 aliphatic rings. The Morgan fingerprint density at radius 3 is 2.42 bits per heavy atom. The molecule has 0 aliphatic heterocycles. The first kappa shape index (κ1) is 16.7. The summed E-state index contributed by atoms with van der Waals surface area (Å²) in [6.07, 6.45) is 6.91. The second-order valence-corrected chi connectivity index (χ2v) is 6.95. The molecule has 126 valence electrons. The zero-order valence-corrected chi connectivity index (χ0v) is 14.4. The molecule has 1 aliphatic carbocycles. The minimum atomic E-state index is -0.189. The molecule has 1 heterocycles. The molecule has 0 atom stereocenters. The first-order valence-corrected chi connectivity index (χ1v) is 9.42. The molecule has 0 bridgehead atoms. The Morgan fingerprint density at radius 1 is 0.958 bits per heavy atom. The Morgan fingerprint density at radius 2 is 1.71 bits per heavy atom. The summed E-state index contributed by atoms with van der Waals surface area (Å²) in [5, 5.41) is 9.64. The Kier molecular flexibility index (Phi) is 5.64. The van der Waals surface area contributed by atoms with Gasteiger partial charge in [-0.3, -0.25) is 9.59 Å². The number of nitrogens with one attached hydrogen (secondary N) is 2. The van der Waals surface area contributed by atoms with E-state index in [1.54, 1.807) is 23.6 Å². The molecule has 24 heavy (non-hydrogen) atoms. The van der Waals surface area contributed by atoms with Crippen LogP contribution in [0.5, 0.6) is 0 Å². The summed E-state index contributed by atoms with van der Waals surface area (Å²) in [6.45, 7) is 0. The van der Waals surface area contributed by atoms with Crippen molar-refractivity contribution >= 4 is 28.8 Å². The van der Waals surface area contributed by atoms with Gasteiger partial charge >= 0.3 is 0 Å². The summed E-state index contributed by atoms with van der Waals surface area (Å²) >= 11 is 1.47. The number of hydrogen-bond donors (Lipinski definition) is 2. The molecule has 1 saturated carbocycles. The van der Waals surface area contributed by atoms with Gasteiger partial charge in [-0.25, -0.2) is 0 Å². The number of para-hydroxylation sites is 1. The summed E-state index contributed by atoms with van der Waals surface area (Å²) in [6, 6.07) is 9.18. The summed E-state index contributed by atoms with van der Waals surface area (Å²) in [5.74, 6) is -0.297. The molecular formula is C19H22N2O2S. The number of benzene rings is 1. The molecule has 1 fully saturated rings. The van der Waals surface area contributed by atoms with Gasteiger partial charge in [0.1, 0.15) is 0 Å². The summed E-state index contributed by atoms with van der Waals surface area (Å²) < 4.78 is 0. The van der Waals surface area contributed by atoms with Gasteiger partial charge in [0.2, 0.25) is 0 Å². The third-order valence-electron chi connectivity index (χ3n) is 4.39. The van der Waals surface area contributed by atoms with Crippen molar-refractivity contribution in [3.05, 3.63) is 52.2 Å². The monoisotopic (exact) mass is 342 g/mol. The van der Waals surface area contributed by atoms with Gasteiger partial charge in [0.05, 0.1) is 16.8 Å². The van der Waals surface area contributed by atoms with Gasteiger partial charge < -0.3 is 10.6 Å². The highest BCUT2D eigenvalue weighted by Gasteiger charge is 2.18. The zero-order chi connectivity index (χ0) is 16.8. The number of carbonyl (C=O) groups is 2. The highest BCUT2D eigenvalue weighted by molar-refractivity contribution is 7.08. The van der Waals surface area contributed by atoms with Gasteiger partial charge in [-0.05, 0) is 36.4 Å². The largest absolute Gasteiger partial charge is 0.349 e. The maximum atomic E-state index is 12.7. The quantitative estimate of drug-likeness (QED) is 0.806. The number of amides is 2. The number of thiophene rings is 1. The molecule has 4 nitrogen and oxygen atoms in total. The van der Waals surface area contributed by atoms with Crippen molar-refractivity contribution in [2.75, 3.05) is 5.32 Å². The average molecular weight is 342 g/mol. The first-order valence-electron chi connectivity index (χ1n) is 8.47. The topological polar surface area (TPSA) is 58.2 Å². The predicted octanol–water partition coefficient (Wildman–Crippen LogP) is 4.45. The first-order chi connectivity index (χ1) is 11.7. The summed E-state index contributed by atoms with van der Waals surface area (Å²) in [4.78, 5) is 24.9. The molecule has 2 N–H and O–H groups in total. The van der Waals surface area contributed by atoms with Gasteiger partial charge in [0.25, 0.3) is 11.8 Å². The number of carbonyl (C=O) groups excluding carboxylic acids is 2. The van der Waals surface area contributed by atoms with E-state index in [-0.39, 0.29) is 17.9 Å².